The van der Waals surface area contributed by atoms with Gasteiger partial charge in [-0.2, -0.15) is 11.1 Å². The third kappa shape index (κ3) is 4.05. The fourth-order valence-corrected chi connectivity index (χ4v) is 31.6. The van der Waals surface area contributed by atoms with Crippen LogP contribution < -0.4 is 0 Å². The van der Waals surface area contributed by atoms with Gasteiger partial charge in [0.25, 0.3) is 0 Å². The van der Waals surface area contributed by atoms with Crippen molar-refractivity contribution in [2.75, 3.05) is 0 Å². The summed E-state index contributed by atoms with van der Waals surface area (Å²) >= 11 is 7.78. The highest BCUT2D eigenvalue weighted by atomic mass is 35.6. The summed E-state index contributed by atoms with van der Waals surface area (Å²) in [4.78, 5) is 0. The van der Waals surface area contributed by atoms with Crippen LogP contribution in [0.15, 0.2) is 48.5 Å². The number of fused-ring (bicyclic) bond motifs is 3. The third-order valence-electron chi connectivity index (χ3n) is 5.00. The van der Waals surface area contributed by atoms with Crippen molar-refractivity contribution in [3.8, 4) is 11.1 Å². The molecule has 4 heteroatoms. The van der Waals surface area contributed by atoms with Crippen LogP contribution in [0.25, 0.3) is 11.1 Å². The van der Waals surface area contributed by atoms with E-state index in [0.717, 1.165) is 0 Å². The van der Waals surface area contributed by atoms with Crippen molar-refractivity contribution in [1.82, 2.24) is 0 Å². The lowest BCUT2D eigenvalue weighted by Crippen LogP contribution is -2.48. The van der Waals surface area contributed by atoms with E-state index in [0.29, 0.717) is 5.54 Å². The fourth-order valence-electron chi connectivity index (χ4n) is 4.74. The van der Waals surface area contributed by atoms with Crippen LogP contribution in [0.2, 0.25) is 50.6 Å². The summed E-state index contributed by atoms with van der Waals surface area (Å²) in [5.41, 5.74) is 8.92. The van der Waals surface area contributed by atoms with Gasteiger partial charge in [-0.05, 0) is 33.6 Å². The molecule has 0 aliphatic heterocycles. The Bertz CT molecular complexity index is 710. The van der Waals surface area contributed by atoms with Gasteiger partial charge < -0.3 is 0 Å². The van der Waals surface area contributed by atoms with E-state index in [4.69, 9.17) is 11.1 Å². The molecule has 2 aromatic carbocycles. The lowest BCUT2D eigenvalue weighted by molar-refractivity contribution is 1.12. The van der Waals surface area contributed by atoms with Crippen molar-refractivity contribution < 1.29 is 0 Å². The molecule has 0 saturated carbocycles. The monoisotopic (exact) mass is 402 g/mol. The van der Waals surface area contributed by atoms with Crippen molar-refractivity contribution in [3.05, 3.63) is 59.7 Å². The zero-order valence-electron chi connectivity index (χ0n) is 16.5. The fraction of sp³-hybridized carbons (Fsp3) is 0.429. The first-order valence-corrected chi connectivity index (χ1v) is 20.3. The zero-order valence-corrected chi connectivity index (χ0v) is 20.2. The van der Waals surface area contributed by atoms with Crippen LogP contribution in [0.4, 0.5) is 0 Å². The van der Waals surface area contributed by atoms with Gasteiger partial charge in [0, 0.05) is 21.7 Å². The van der Waals surface area contributed by atoms with E-state index in [9.17, 15) is 0 Å². The quantitative estimate of drug-likeness (QED) is 0.364. The SMILES string of the molecule is C[Si](C)(C)C[Si](Cl)(C[Si](C)(C)C)C1c2ccccc2-c2ccccc21. The molecule has 0 bridgehead atoms. The third-order valence-corrected chi connectivity index (χ3v) is 22.9. The summed E-state index contributed by atoms with van der Waals surface area (Å²) in [5, 5.41) is 0. The highest BCUT2D eigenvalue weighted by Gasteiger charge is 2.50. The molecule has 0 atom stereocenters. The predicted molar refractivity (Wildman–Crippen MR) is 122 cm³/mol. The molecule has 3 rings (SSSR count). The maximum atomic E-state index is 7.78. The maximum absolute atomic E-state index is 7.78. The maximum Gasteiger partial charge on any atom is 0.163 e. The number of hydrogen-bond donors (Lipinski definition) is 0. The van der Waals surface area contributed by atoms with Crippen molar-refractivity contribution >= 4 is 34.6 Å². The van der Waals surface area contributed by atoms with Gasteiger partial charge in [-0.3, -0.25) is 0 Å². The summed E-state index contributed by atoms with van der Waals surface area (Å²) in [6, 6.07) is 18.0. The first-order valence-electron chi connectivity index (χ1n) is 9.37. The van der Waals surface area contributed by atoms with E-state index >= 15 is 0 Å². The smallest absolute Gasteiger partial charge is 0.163 e. The molecular formula is C21H31ClSi3. The highest BCUT2D eigenvalue weighted by molar-refractivity contribution is 7.29. The number of hydrogen-bond acceptors (Lipinski definition) is 0. The molecule has 0 aromatic heterocycles. The lowest BCUT2D eigenvalue weighted by Gasteiger charge is -2.40. The van der Waals surface area contributed by atoms with Gasteiger partial charge in [0.05, 0.1) is 0 Å². The Morgan fingerprint density at radius 2 is 1.04 bits per heavy atom. The minimum absolute atomic E-state index is 0.458. The average Bonchev–Trinajstić information content (AvgIpc) is 2.78. The van der Waals surface area contributed by atoms with Crippen molar-refractivity contribution in [2.24, 2.45) is 0 Å². The molecule has 0 fully saturated rings. The summed E-state index contributed by atoms with van der Waals surface area (Å²) in [5.74, 6) is 0. The Kier molecular flexibility index (Phi) is 4.99. The molecule has 0 unspecified atom stereocenters. The molecule has 0 radical (unpaired) electrons. The summed E-state index contributed by atoms with van der Waals surface area (Å²) in [6.45, 7) is 15.0. The number of benzene rings is 2. The molecule has 0 saturated heterocycles. The molecule has 0 N–H and O–H groups in total. The molecule has 0 nitrogen and oxygen atoms in total. The average molecular weight is 403 g/mol. The van der Waals surface area contributed by atoms with Crippen LogP contribution in [0.1, 0.15) is 16.7 Å². The second-order valence-electron chi connectivity index (χ2n) is 10.1. The molecule has 2 aromatic rings. The number of halogens is 1. The molecule has 134 valence electrons. The topological polar surface area (TPSA) is 0 Å². The Morgan fingerprint density at radius 1 is 0.680 bits per heavy atom. The second kappa shape index (κ2) is 6.52. The predicted octanol–water partition coefficient (Wildman–Crippen LogP) is 7.28. The van der Waals surface area contributed by atoms with Gasteiger partial charge >= 0.3 is 0 Å². The lowest BCUT2D eigenvalue weighted by atomic mass is 10.1. The minimum atomic E-state index is -1.99. The zero-order chi connectivity index (χ0) is 18.5. The Balaban J connectivity index is 2.19. The van der Waals surface area contributed by atoms with Crippen LogP contribution >= 0.6 is 11.1 Å². The van der Waals surface area contributed by atoms with Crippen molar-refractivity contribution in [3.63, 3.8) is 0 Å². The molecule has 1 aliphatic rings. The van der Waals surface area contributed by atoms with Crippen LogP contribution in [-0.2, 0) is 0 Å². The Morgan fingerprint density at radius 3 is 1.40 bits per heavy atom. The summed E-state index contributed by atoms with van der Waals surface area (Å²) < 4.78 is 0. The molecular weight excluding hydrogens is 372 g/mol. The van der Waals surface area contributed by atoms with E-state index in [2.05, 4.69) is 87.8 Å². The molecule has 1 aliphatic carbocycles. The van der Waals surface area contributed by atoms with E-state index < -0.39 is 23.5 Å². The largest absolute Gasteiger partial charge is 0.167 e. The molecule has 0 spiro atoms. The van der Waals surface area contributed by atoms with Crippen molar-refractivity contribution in [1.29, 1.82) is 0 Å². The van der Waals surface area contributed by atoms with Crippen LogP contribution in [0.3, 0.4) is 0 Å². The molecule has 25 heavy (non-hydrogen) atoms. The summed E-state index contributed by atoms with van der Waals surface area (Å²) in [6.07, 6.45) is 0. The first-order chi connectivity index (χ1) is 11.5. The van der Waals surface area contributed by atoms with Gasteiger partial charge in [0.15, 0.2) is 7.38 Å². The van der Waals surface area contributed by atoms with Gasteiger partial charge in [-0.15, -0.1) is 0 Å². The van der Waals surface area contributed by atoms with Crippen LogP contribution in [0.5, 0.6) is 0 Å². The van der Waals surface area contributed by atoms with Crippen molar-refractivity contribution in [2.45, 2.75) is 56.2 Å². The molecule has 0 amide bonds. The van der Waals surface area contributed by atoms with Crippen LogP contribution in [-0.4, -0.2) is 23.5 Å². The van der Waals surface area contributed by atoms with Gasteiger partial charge in [0.2, 0.25) is 0 Å². The van der Waals surface area contributed by atoms with E-state index in [1.807, 2.05) is 0 Å². The van der Waals surface area contributed by atoms with Gasteiger partial charge in [-0.25, -0.2) is 0 Å². The van der Waals surface area contributed by atoms with Crippen LogP contribution in [0, 0.1) is 0 Å². The highest BCUT2D eigenvalue weighted by Crippen LogP contribution is 2.53. The van der Waals surface area contributed by atoms with Gasteiger partial charge in [-0.1, -0.05) is 87.8 Å². The van der Waals surface area contributed by atoms with Gasteiger partial charge in [0.1, 0.15) is 0 Å². The second-order valence-corrected chi connectivity index (χ2v) is 28.1. The Hall–Kier alpha value is -0.619. The molecule has 0 heterocycles. The number of rotatable bonds is 5. The van der Waals surface area contributed by atoms with E-state index in [1.54, 1.807) is 0 Å². The van der Waals surface area contributed by atoms with E-state index in [1.165, 1.54) is 33.6 Å². The standard InChI is InChI=1S/C21H31ClSi3/c1-23(2,3)15-25(22,16-24(4,5)6)21-19-13-9-7-11-17(19)18-12-8-10-14-20(18)21/h7-14,21H,15-16H2,1-6H3. The normalized spacial score (nSPS) is 15.2. The first kappa shape index (κ1) is 19.2. The summed E-state index contributed by atoms with van der Waals surface area (Å²) in [7, 11) is -4.49. The Labute approximate surface area is 161 Å². The minimum Gasteiger partial charge on any atom is -0.167 e. The van der Waals surface area contributed by atoms with E-state index in [-0.39, 0.29) is 0 Å².